The van der Waals surface area contributed by atoms with Crippen LogP contribution in [0.4, 0.5) is 4.39 Å². The number of hydrogen-bond donors (Lipinski definition) is 2. The lowest BCUT2D eigenvalue weighted by atomic mass is 10.2. The number of aromatic nitrogens is 1. The molecule has 2 rings (SSSR count). The molecule has 2 aromatic rings. The Morgan fingerprint density at radius 1 is 1.40 bits per heavy atom. The van der Waals surface area contributed by atoms with Gasteiger partial charge < -0.3 is 10.3 Å². The first-order valence-corrected chi connectivity index (χ1v) is 6.20. The highest BCUT2D eigenvalue weighted by atomic mass is 19.1. The molecule has 0 unspecified atom stereocenters. The maximum Gasteiger partial charge on any atom is 0.233 e. The van der Waals surface area contributed by atoms with Gasteiger partial charge in [-0.25, -0.2) is 4.39 Å². The Morgan fingerprint density at radius 2 is 2.15 bits per heavy atom. The van der Waals surface area contributed by atoms with Gasteiger partial charge in [0, 0.05) is 36.3 Å². The van der Waals surface area contributed by atoms with Crippen molar-refractivity contribution in [2.45, 2.75) is 6.54 Å². The Hall–Kier alpha value is -2.21. The summed E-state index contributed by atoms with van der Waals surface area (Å²) in [5.74, 6) is -0.537. The van der Waals surface area contributed by atoms with Crippen molar-refractivity contribution in [2.24, 2.45) is 0 Å². The number of fused-ring (bicyclic) bond motifs is 1. The van der Waals surface area contributed by atoms with Crippen LogP contribution >= 0.6 is 0 Å². The zero-order valence-corrected chi connectivity index (χ0v) is 11.4. The maximum absolute atomic E-state index is 13.1. The maximum atomic E-state index is 13.1. The van der Waals surface area contributed by atoms with Gasteiger partial charge in [-0.1, -0.05) is 0 Å². The Morgan fingerprint density at radius 3 is 2.85 bits per heavy atom. The van der Waals surface area contributed by atoms with E-state index in [0.717, 1.165) is 0 Å². The second-order valence-corrected chi connectivity index (χ2v) is 4.69. The number of amides is 1. The third-order valence-corrected chi connectivity index (χ3v) is 2.98. The van der Waals surface area contributed by atoms with Crippen molar-refractivity contribution in [2.75, 3.05) is 20.6 Å². The molecule has 20 heavy (non-hydrogen) atoms. The van der Waals surface area contributed by atoms with E-state index in [1.54, 1.807) is 19.0 Å². The molecule has 1 heterocycles. The number of benzene rings is 1. The van der Waals surface area contributed by atoms with Crippen LogP contribution in [0.25, 0.3) is 10.9 Å². The summed E-state index contributed by atoms with van der Waals surface area (Å²) in [6, 6.07) is 5.49. The number of carbonyl (C=O) groups excluding carboxylic acids is 1. The van der Waals surface area contributed by atoms with Crippen molar-refractivity contribution in [3.63, 3.8) is 0 Å². The van der Waals surface area contributed by atoms with Gasteiger partial charge in [0.15, 0.2) is 5.43 Å². The highest BCUT2D eigenvalue weighted by Gasteiger charge is 2.08. The summed E-state index contributed by atoms with van der Waals surface area (Å²) in [6.45, 7) is 0.663. The summed E-state index contributed by atoms with van der Waals surface area (Å²) < 4.78 is 13.1. The fraction of sp³-hybridized carbons (Fsp3) is 0.286. The van der Waals surface area contributed by atoms with Crippen LogP contribution in [-0.4, -0.2) is 36.4 Å². The largest absolute Gasteiger partial charge is 0.358 e. The van der Waals surface area contributed by atoms with E-state index >= 15 is 0 Å². The minimum absolute atomic E-state index is 0.0993. The molecule has 2 N–H and O–H groups in total. The molecule has 0 fully saturated rings. The van der Waals surface area contributed by atoms with E-state index in [4.69, 9.17) is 0 Å². The van der Waals surface area contributed by atoms with Crippen molar-refractivity contribution in [1.29, 1.82) is 0 Å². The van der Waals surface area contributed by atoms with Gasteiger partial charge in [0.25, 0.3) is 0 Å². The molecule has 0 aliphatic rings. The predicted molar refractivity (Wildman–Crippen MR) is 74.9 cm³/mol. The molecule has 0 saturated carbocycles. The molecule has 1 aromatic carbocycles. The molecule has 0 atom stereocenters. The van der Waals surface area contributed by atoms with E-state index in [9.17, 15) is 14.0 Å². The Kier molecular flexibility index (Phi) is 4.14. The monoisotopic (exact) mass is 277 g/mol. The fourth-order valence-corrected chi connectivity index (χ4v) is 2.03. The Bertz CT molecular complexity index is 696. The van der Waals surface area contributed by atoms with Crippen molar-refractivity contribution in [1.82, 2.24) is 15.2 Å². The molecule has 106 valence electrons. The summed E-state index contributed by atoms with van der Waals surface area (Å²) >= 11 is 0. The van der Waals surface area contributed by atoms with Gasteiger partial charge in [-0.05, 0) is 25.2 Å². The summed E-state index contributed by atoms with van der Waals surface area (Å²) in [5, 5.41) is 2.86. The van der Waals surface area contributed by atoms with Crippen LogP contribution < -0.4 is 10.7 Å². The minimum atomic E-state index is -0.438. The number of carbonyl (C=O) groups is 1. The van der Waals surface area contributed by atoms with Crippen molar-refractivity contribution in [3.8, 4) is 0 Å². The molecule has 5 nitrogen and oxygen atoms in total. The summed E-state index contributed by atoms with van der Waals surface area (Å²) in [7, 11) is 3.35. The van der Waals surface area contributed by atoms with Gasteiger partial charge in [0.05, 0.1) is 6.54 Å². The Balaban J connectivity index is 2.26. The van der Waals surface area contributed by atoms with E-state index in [2.05, 4.69) is 10.3 Å². The van der Waals surface area contributed by atoms with Crippen LogP contribution in [0.15, 0.2) is 29.1 Å². The molecule has 0 bridgehead atoms. The number of aromatic amines is 1. The molecule has 1 amide bonds. The number of hydrogen-bond acceptors (Lipinski definition) is 3. The first-order valence-electron chi connectivity index (χ1n) is 6.20. The second-order valence-electron chi connectivity index (χ2n) is 4.69. The molecule has 0 aliphatic carbocycles. The molecule has 0 saturated heterocycles. The molecular formula is C14H16FN3O2. The van der Waals surface area contributed by atoms with Gasteiger partial charge in [-0.2, -0.15) is 0 Å². The van der Waals surface area contributed by atoms with Gasteiger partial charge >= 0.3 is 0 Å². The smallest absolute Gasteiger partial charge is 0.233 e. The molecular weight excluding hydrogens is 261 g/mol. The molecule has 1 aromatic heterocycles. The van der Waals surface area contributed by atoms with Gasteiger partial charge in [-0.15, -0.1) is 0 Å². The van der Waals surface area contributed by atoms with Gasteiger partial charge in [0.2, 0.25) is 5.91 Å². The van der Waals surface area contributed by atoms with E-state index in [-0.39, 0.29) is 17.9 Å². The third kappa shape index (κ3) is 3.21. The van der Waals surface area contributed by atoms with E-state index in [0.29, 0.717) is 23.1 Å². The van der Waals surface area contributed by atoms with Crippen molar-refractivity contribution >= 4 is 16.8 Å². The predicted octanol–water partition coefficient (Wildman–Crippen LogP) is 0.845. The summed E-state index contributed by atoms with van der Waals surface area (Å²) in [6.07, 6.45) is 0. The van der Waals surface area contributed by atoms with Crippen molar-refractivity contribution in [3.05, 3.63) is 46.0 Å². The fourth-order valence-electron chi connectivity index (χ4n) is 2.03. The molecule has 0 aliphatic heterocycles. The number of pyridine rings is 1. The van der Waals surface area contributed by atoms with Gasteiger partial charge in [-0.3, -0.25) is 14.5 Å². The summed E-state index contributed by atoms with van der Waals surface area (Å²) in [4.78, 5) is 28.0. The average Bonchev–Trinajstić information content (AvgIpc) is 2.39. The van der Waals surface area contributed by atoms with Crippen molar-refractivity contribution < 1.29 is 9.18 Å². The average molecular weight is 277 g/mol. The number of nitrogens with one attached hydrogen (secondary N) is 2. The lowest BCUT2D eigenvalue weighted by Crippen LogP contribution is -2.33. The number of nitrogens with zero attached hydrogens (tertiary/aromatic N) is 1. The quantitative estimate of drug-likeness (QED) is 0.870. The number of H-pyrrole nitrogens is 1. The summed E-state index contributed by atoms with van der Waals surface area (Å²) in [5.41, 5.74) is 1.03. The molecule has 0 spiro atoms. The number of rotatable bonds is 4. The van der Waals surface area contributed by atoms with Crippen LogP contribution in [0.5, 0.6) is 0 Å². The molecule has 6 heteroatoms. The zero-order chi connectivity index (χ0) is 14.7. The van der Waals surface area contributed by atoms with Crippen LogP contribution in [0.3, 0.4) is 0 Å². The second kappa shape index (κ2) is 5.83. The SMILES string of the molecule is CNC(=O)CN(C)Cc1cc(=O)c2cc(F)ccc2[nH]1. The molecule has 0 radical (unpaired) electrons. The topological polar surface area (TPSA) is 65.2 Å². The zero-order valence-electron chi connectivity index (χ0n) is 11.4. The Labute approximate surface area is 115 Å². The van der Waals surface area contributed by atoms with E-state index in [1.165, 1.54) is 24.3 Å². The number of halogens is 1. The first-order chi connectivity index (χ1) is 9.49. The highest BCUT2D eigenvalue weighted by Crippen LogP contribution is 2.11. The third-order valence-electron chi connectivity index (χ3n) is 2.98. The minimum Gasteiger partial charge on any atom is -0.358 e. The van der Waals surface area contributed by atoms with Gasteiger partial charge in [0.1, 0.15) is 5.82 Å². The lowest BCUT2D eigenvalue weighted by molar-refractivity contribution is -0.121. The van der Waals surface area contributed by atoms with Crippen LogP contribution in [0.2, 0.25) is 0 Å². The van der Waals surface area contributed by atoms with E-state index < -0.39 is 5.82 Å². The highest BCUT2D eigenvalue weighted by molar-refractivity contribution is 5.78. The first kappa shape index (κ1) is 14.2. The normalized spacial score (nSPS) is 11.0. The lowest BCUT2D eigenvalue weighted by Gasteiger charge is -2.15. The standard InChI is InChI=1S/C14H16FN3O2/c1-16-14(20)8-18(2)7-10-6-13(19)11-5-9(15)3-4-12(11)17-10/h3-6H,7-8H2,1-2H3,(H,16,20)(H,17,19). The van der Waals surface area contributed by atoms with Crippen LogP contribution in [0, 0.1) is 5.82 Å². The van der Waals surface area contributed by atoms with E-state index in [1.807, 2.05) is 0 Å². The van der Waals surface area contributed by atoms with Crippen LogP contribution in [-0.2, 0) is 11.3 Å². The van der Waals surface area contributed by atoms with Crippen LogP contribution in [0.1, 0.15) is 5.69 Å². The number of likely N-dealkylation sites (N-methyl/N-ethyl adjacent to an activating group) is 2.